The summed E-state index contributed by atoms with van der Waals surface area (Å²) < 4.78 is 68.5. The Morgan fingerprint density at radius 1 is 1.08 bits per heavy atom. The van der Waals surface area contributed by atoms with Gasteiger partial charge in [-0.3, -0.25) is 9.59 Å². The standard InChI is InChI=1S/C33H31F2N3O4.C2HF3O2/c1-19-22(6-7-25-23(19)8-11-30(25)39)24-4-3-14-38-28(24)9-10-29(38)33(41)20-16-26(34)32(27(35)17-20)37-31(40)5-2-13-36-21-12-15-42-18-21;3-2(4,5)1(6)7/h2-7,9-10,14,16-17,21,30,36,39H,8,11-13,15,18H2,1H3,(H,37,40);(H,6,7)/b5-2+;. The van der Waals surface area contributed by atoms with Crippen LogP contribution in [0.15, 0.2) is 66.9 Å². The lowest BCUT2D eigenvalue weighted by Crippen LogP contribution is -2.90. The quantitative estimate of drug-likeness (QED) is 0.148. The van der Waals surface area contributed by atoms with Gasteiger partial charge in [0.05, 0.1) is 37.1 Å². The maximum Gasteiger partial charge on any atom is 0.430 e. The van der Waals surface area contributed by atoms with E-state index in [0.717, 1.165) is 64.9 Å². The number of alkyl halides is 3. The maximum atomic E-state index is 15.0. The van der Waals surface area contributed by atoms with E-state index in [-0.39, 0.29) is 11.3 Å². The van der Waals surface area contributed by atoms with Crippen molar-refractivity contribution in [1.29, 1.82) is 0 Å². The molecular formula is C35H32F5N3O6. The topological polar surface area (TPSA) is 137 Å². The molecule has 14 heteroatoms. The number of nitrogens with two attached hydrogens (primary N) is 1. The van der Waals surface area contributed by atoms with E-state index < -0.39 is 47.3 Å². The zero-order valence-electron chi connectivity index (χ0n) is 26.2. The normalized spacial score (nSPS) is 17.2. The lowest BCUT2D eigenvalue weighted by atomic mass is 9.93. The molecule has 6 rings (SSSR count). The Bertz CT molecular complexity index is 1910. The smallest absolute Gasteiger partial charge is 0.430 e. The molecule has 2 aromatic carbocycles. The number of carboxylic acid groups (broad SMARTS) is 1. The van der Waals surface area contributed by atoms with Crippen molar-refractivity contribution in [3.63, 3.8) is 0 Å². The average molecular weight is 686 g/mol. The van der Waals surface area contributed by atoms with Crippen molar-refractivity contribution in [2.24, 2.45) is 0 Å². The van der Waals surface area contributed by atoms with Gasteiger partial charge in [0.2, 0.25) is 11.7 Å². The molecule has 2 atom stereocenters. The molecule has 3 heterocycles. The number of carbonyl (C=O) groups excluding carboxylic acids is 3. The van der Waals surface area contributed by atoms with Crippen molar-refractivity contribution in [3.05, 3.63) is 106 Å². The van der Waals surface area contributed by atoms with Crippen LogP contribution in [-0.4, -0.2) is 59.1 Å². The molecule has 2 aliphatic rings. The number of hydrogen-bond donors (Lipinski definition) is 3. The van der Waals surface area contributed by atoms with Gasteiger partial charge < -0.3 is 34.8 Å². The Morgan fingerprint density at radius 2 is 1.80 bits per heavy atom. The third-order valence-electron chi connectivity index (χ3n) is 8.50. The van der Waals surface area contributed by atoms with Crippen LogP contribution < -0.4 is 15.7 Å². The summed E-state index contributed by atoms with van der Waals surface area (Å²) in [6.07, 6.45) is 1.42. The number of aliphatic carboxylic acids is 1. The van der Waals surface area contributed by atoms with Crippen molar-refractivity contribution in [1.82, 2.24) is 4.40 Å². The van der Waals surface area contributed by atoms with Gasteiger partial charge >= 0.3 is 6.18 Å². The number of quaternary nitrogens is 1. The predicted octanol–water partition coefficient (Wildman–Crippen LogP) is 3.55. The van der Waals surface area contributed by atoms with E-state index in [9.17, 15) is 36.6 Å². The van der Waals surface area contributed by atoms with E-state index in [4.69, 9.17) is 14.6 Å². The number of pyridine rings is 1. The second kappa shape index (κ2) is 14.7. The van der Waals surface area contributed by atoms with Gasteiger partial charge in [0, 0.05) is 29.8 Å². The summed E-state index contributed by atoms with van der Waals surface area (Å²) in [4.78, 5) is 34.5. The monoisotopic (exact) mass is 685 g/mol. The van der Waals surface area contributed by atoms with Crippen molar-refractivity contribution >= 4 is 28.9 Å². The van der Waals surface area contributed by atoms with E-state index in [0.29, 0.717) is 25.6 Å². The van der Waals surface area contributed by atoms with Crippen LogP contribution in [0.2, 0.25) is 0 Å². The van der Waals surface area contributed by atoms with Crippen molar-refractivity contribution in [2.45, 2.75) is 44.5 Å². The Balaban J connectivity index is 0.000000606. The number of amides is 1. The zero-order valence-corrected chi connectivity index (χ0v) is 26.2. The number of ketones is 1. The number of aliphatic hydroxyl groups is 1. The fourth-order valence-corrected chi connectivity index (χ4v) is 6.02. The predicted molar refractivity (Wildman–Crippen MR) is 165 cm³/mol. The van der Waals surface area contributed by atoms with Crippen LogP contribution in [0, 0.1) is 18.6 Å². The molecule has 1 fully saturated rings. The number of anilines is 1. The molecule has 0 spiro atoms. The van der Waals surface area contributed by atoms with E-state index >= 15 is 0 Å². The largest absolute Gasteiger partial charge is 0.542 e. The number of hydrogen-bond acceptors (Lipinski definition) is 6. The molecule has 0 radical (unpaired) electrons. The molecule has 1 saturated heterocycles. The number of carboxylic acids is 1. The number of carbonyl (C=O) groups is 3. The maximum absolute atomic E-state index is 15.0. The summed E-state index contributed by atoms with van der Waals surface area (Å²) in [6.45, 7) is 3.98. The fourth-order valence-electron chi connectivity index (χ4n) is 6.02. The second-order valence-electron chi connectivity index (χ2n) is 11.7. The van der Waals surface area contributed by atoms with Crippen LogP contribution in [0.3, 0.4) is 0 Å². The second-order valence-corrected chi connectivity index (χ2v) is 11.7. The third kappa shape index (κ3) is 7.88. The number of fused-ring (bicyclic) bond motifs is 2. The molecule has 4 N–H and O–H groups in total. The average Bonchev–Trinajstić information content (AvgIpc) is 3.82. The highest BCUT2D eigenvalue weighted by Crippen LogP contribution is 2.39. The third-order valence-corrected chi connectivity index (χ3v) is 8.50. The summed E-state index contributed by atoms with van der Waals surface area (Å²) in [6, 6.07) is 13.4. The van der Waals surface area contributed by atoms with Crippen molar-refractivity contribution < 1.29 is 56.6 Å². The first-order chi connectivity index (χ1) is 23.3. The summed E-state index contributed by atoms with van der Waals surface area (Å²) in [7, 11) is 0. The Hall–Kier alpha value is -4.92. The number of aromatic nitrogens is 1. The minimum Gasteiger partial charge on any atom is -0.542 e. The first-order valence-electron chi connectivity index (χ1n) is 15.4. The van der Waals surface area contributed by atoms with Gasteiger partial charge in [-0.15, -0.1) is 0 Å². The lowest BCUT2D eigenvalue weighted by Gasteiger charge is -2.14. The summed E-state index contributed by atoms with van der Waals surface area (Å²) in [5, 5.41) is 23.3. The van der Waals surface area contributed by atoms with Gasteiger partial charge in [0.15, 0.2) is 0 Å². The molecule has 0 saturated carbocycles. The number of benzene rings is 2. The minimum atomic E-state index is -5.19. The van der Waals surface area contributed by atoms with Crippen molar-refractivity contribution in [3.8, 4) is 11.1 Å². The van der Waals surface area contributed by atoms with Crippen LogP contribution >= 0.6 is 0 Å². The van der Waals surface area contributed by atoms with E-state index in [1.807, 2.05) is 42.6 Å². The number of ether oxygens (including phenoxy) is 1. The molecule has 9 nitrogen and oxygen atoms in total. The SMILES string of the molecule is Cc1c(-c2cccn3c(C(=O)c4cc(F)c(NC(=O)/C=C/C[NH2+]C5CCOC5)c(F)c4)ccc23)ccc2c1CCC2O.O=C([O-])C(F)(F)F. The summed E-state index contributed by atoms with van der Waals surface area (Å²) >= 11 is 0. The molecule has 2 unspecified atom stereocenters. The number of nitrogens with one attached hydrogen (secondary N) is 1. The number of halogens is 5. The highest BCUT2D eigenvalue weighted by molar-refractivity contribution is 6.09. The van der Waals surface area contributed by atoms with Gasteiger partial charge in [-0.25, -0.2) is 8.78 Å². The van der Waals surface area contributed by atoms with E-state index in [2.05, 4.69) is 5.32 Å². The Labute approximate surface area is 277 Å². The molecule has 1 amide bonds. The van der Waals surface area contributed by atoms with Crippen LogP contribution in [0.1, 0.15) is 51.7 Å². The van der Waals surface area contributed by atoms with Crippen LogP contribution in [-0.2, 0) is 20.7 Å². The van der Waals surface area contributed by atoms with Crippen LogP contribution in [0.25, 0.3) is 16.6 Å². The Kier molecular flexibility index (Phi) is 10.6. The molecule has 258 valence electrons. The highest BCUT2D eigenvalue weighted by atomic mass is 19.4. The highest BCUT2D eigenvalue weighted by Gasteiger charge is 2.29. The minimum absolute atomic E-state index is 0.167. The number of aliphatic hydroxyl groups excluding tert-OH is 1. The molecule has 0 bridgehead atoms. The molecule has 4 aromatic rings. The molecular weight excluding hydrogens is 653 g/mol. The molecule has 2 aromatic heterocycles. The molecule has 49 heavy (non-hydrogen) atoms. The van der Waals surface area contributed by atoms with Crippen LogP contribution in [0.5, 0.6) is 0 Å². The van der Waals surface area contributed by atoms with Gasteiger partial charge in [0.1, 0.15) is 29.3 Å². The van der Waals surface area contributed by atoms with Crippen molar-refractivity contribution in [2.75, 3.05) is 25.1 Å². The first-order valence-corrected chi connectivity index (χ1v) is 15.4. The first kappa shape index (κ1) is 35.4. The number of rotatable bonds is 8. The van der Waals surface area contributed by atoms with E-state index in [1.54, 1.807) is 22.7 Å². The van der Waals surface area contributed by atoms with Gasteiger partial charge in [-0.05, 0) is 78.4 Å². The summed E-state index contributed by atoms with van der Waals surface area (Å²) in [5.41, 5.74) is 5.37. The Morgan fingerprint density at radius 3 is 2.45 bits per heavy atom. The van der Waals surface area contributed by atoms with Gasteiger partial charge in [-0.1, -0.05) is 18.2 Å². The van der Waals surface area contributed by atoms with Crippen LogP contribution in [0.4, 0.5) is 27.6 Å². The zero-order chi connectivity index (χ0) is 35.5. The fraction of sp³-hybridized carbons (Fsp3) is 0.286. The number of nitrogens with zero attached hydrogens (tertiary/aromatic N) is 1. The van der Waals surface area contributed by atoms with E-state index in [1.165, 1.54) is 6.08 Å². The summed E-state index contributed by atoms with van der Waals surface area (Å²) in [5.74, 6) is -6.29. The molecule has 1 aliphatic carbocycles. The van der Waals surface area contributed by atoms with Gasteiger partial charge in [0.25, 0.3) is 0 Å². The molecule has 1 aliphatic heterocycles. The lowest BCUT2D eigenvalue weighted by molar-refractivity contribution is -0.678. The van der Waals surface area contributed by atoms with Gasteiger partial charge in [-0.2, -0.15) is 13.2 Å².